The number of hydrogen-bond donors (Lipinski definition) is 2. The van der Waals surface area contributed by atoms with Crippen molar-refractivity contribution in [2.75, 3.05) is 10.6 Å². The summed E-state index contributed by atoms with van der Waals surface area (Å²) in [5.41, 5.74) is 1.67. The predicted molar refractivity (Wildman–Crippen MR) is 106 cm³/mol. The average molecular weight is 371 g/mol. The Morgan fingerprint density at radius 1 is 1.27 bits per heavy atom. The number of aromatic nitrogens is 2. The lowest BCUT2D eigenvalue weighted by atomic mass is 9.96. The molecule has 0 unspecified atom stereocenters. The lowest BCUT2D eigenvalue weighted by molar-refractivity contribution is -0.114. The number of allylic oxidation sites excluding steroid dienone is 1. The third-order valence-electron chi connectivity index (χ3n) is 4.55. The van der Waals surface area contributed by atoms with Gasteiger partial charge in [0.2, 0.25) is 5.95 Å². The van der Waals surface area contributed by atoms with Crippen LogP contribution in [0.4, 0.5) is 17.5 Å². The van der Waals surface area contributed by atoms with Gasteiger partial charge in [0.1, 0.15) is 5.02 Å². The minimum atomic E-state index is -0.0345. The van der Waals surface area contributed by atoms with E-state index in [1.54, 1.807) is 6.20 Å². The van der Waals surface area contributed by atoms with Crippen LogP contribution < -0.4 is 10.6 Å². The highest BCUT2D eigenvalue weighted by Crippen LogP contribution is 2.27. The highest BCUT2D eigenvalue weighted by Gasteiger charge is 2.15. The number of ketones is 1. The Labute approximate surface area is 158 Å². The number of rotatable bonds is 7. The van der Waals surface area contributed by atoms with Crippen molar-refractivity contribution in [1.29, 1.82) is 0 Å². The van der Waals surface area contributed by atoms with Crippen molar-refractivity contribution in [1.82, 2.24) is 9.97 Å². The Morgan fingerprint density at radius 2 is 2.04 bits per heavy atom. The molecule has 1 aromatic carbocycles. The van der Waals surface area contributed by atoms with E-state index in [1.807, 2.05) is 24.3 Å². The van der Waals surface area contributed by atoms with Gasteiger partial charge in [-0.25, -0.2) is 4.98 Å². The second-order valence-corrected chi connectivity index (χ2v) is 6.91. The summed E-state index contributed by atoms with van der Waals surface area (Å²) >= 11 is 6.28. The molecule has 0 amide bonds. The van der Waals surface area contributed by atoms with Crippen molar-refractivity contribution in [2.24, 2.45) is 0 Å². The van der Waals surface area contributed by atoms with Gasteiger partial charge in [0, 0.05) is 18.2 Å². The zero-order chi connectivity index (χ0) is 18.4. The quantitative estimate of drug-likeness (QED) is 0.677. The normalized spacial score (nSPS) is 14.7. The number of anilines is 3. The highest BCUT2D eigenvalue weighted by atomic mass is 35.5. The third kappa shape index (κ3) is 4.82. The number of halogens is 1. The average Bonchev–Trinajstić information content (AvgIpc) is 2.66. The number of para-hydroxylation sites is 1. The van der Waals surface area contributed by atoms with Gasteiger partial charge in [-0.05, 0) is 30.5 Å². The number of nitrogens with one attached hydrogen (secondary N) is 2. The van der Waals surface area contributed by atoms with E-state index in [2.05, 4.69) is 27.2 Å². The summed E-state index contributed by atoms with van der Waals surface area (Å²) in [6, 6.07) is 8.02. The molecule has 0 radical (unpaired) electrons. The Kier molecular flexibility index (Phi) is 6.23. The largest absolute Gasteiger partial charge is 0.351 e. The van der Waals surface area contributed by atoms with E-state index in [4.69, 9.17) is 11.6 Å². The Hall–Kier alpha value is -2.40. The highest BCUT2D eigenvalue weighted by molar-refractivity contribution is 6.32. The molecule has 1 saturated carbocycles. The van der Waals surface area contributed by atoms with E-state index in [-0.39, 0.29) is 12.2 Å². The Bertz CT molecular complexity index is 787. The molecule has 1 fully saturated rings. The molecule has 0 bridgehead atoms. The molecule has 3 rings (SSSR count). The molecule has 1 aromatic heterocycles. The van der Waals surface area contributed by atoms with Crippen LogP contribution in [0.15, 0.2) is 43.1 Å². The summed E-state index contributed by atoms with van der Waals surface area (Å²) in [5.74, 6) is 1.06. The third-order valence-corrected chi connectivity index (χ3v) is 4.82. The molecule has 2 N–H and O–H groups in total. The van der Waals surface area contributed by atoms with Crippen LogP contribution in [-0.4, -0.2) is 21.8 Å². The zero-order valence-electron chi connectivity index (χ0n) is 14.7. The molecule has 1 aliphatic rings. The lowest BCUT2D eigenvalue weighted by Crippen LogP contribution is -2.23. The Balaban J connectivity index is 1.78. The number of nitrogens with zero attached hydrogens (tertiary/aromatic N) is 2. The van der Waals surface area contributed by atoms with Crippen LogP contribution in [0.5, 0.6) is 0 Å². The van der Waals surface area contributed by atoms with E-state index in [9.17, 15) is 4.79 Å². The van der Waals surface area contributed by atoms with Gasteiger partial charge in [-0.15, -0.1) is 0 Å². The number of benzene rings is 1. The van der Waals surface area contributed by atoms with Crippen molar-refractivity contribution < 1.29 is 4.79 Å². The van der Waals surface area contributed by atoms with Gasteiger partial charge in [-0.2, -0.15) is 4.98 Å². The Morgan fingerprint density at radius 3 is 2.81 bits per heavy atom. The second kappa shape index (κ2) is 8.81. The van der Waals surface area contributed by atoms with E-state index in [1.165, 1.54) is 25.3 Å². The minimum Gasteiger partial charge on any atom is -0.351 e. The first-order chi connectivity index (χ1) is 12.7. The molecule has 0 spiro atoms. The molecule has 2 aromatic rings. The van der Waals surface area contributed by atoms with Crippen LogP contribution in [0.25, 0.3) is 0 Å². The van der Waals surface area contributed by atoms with Crippen LogP contribution in [0, 0.1) is 0 Å². The van der Waals surface area contributed by atoms with E-state index >= 15 is 0 Å². The molecule has 0 atom stereocenters. The monoisotopic (exact) mass is 370 g/mol. The van der Waals surface area contributed by atoms with Crippen LogP contribution in [0.1, 0.15) is 37.7 Å². The fourth-order valence-corrected chi connectivity index (χ4v) is 3.28. The molecule has 5 nitrogen and oxygen atoms in total. The molecular formula is C20H23ClN4O. The molecule has 1 aliphatic carbocycles. The summed E-state index contributed by atoms with van der Waals surface area (Å²) in [6.45, 7) is 3.53. The summed E-state index contributed by atoms with van der Waals surface area (Å²) < 4.78 is 0. The van der Waals surface area contributed by atoms with E-state index < -0.39 is 0 Å². The summed E-state index contributed by atoms with van der Waals surface area (Å²) in [4.78, 5) is 20.5. The smallest absolute Gasteiger partial charge is 0.224 e. The number of carbonyl (C=O) groups excluding carboxylic acids is 1. The van der Waals surface area contributed by atoms with Crippen molar-refractivity contribution in [3.63, 3.8) is 0 Å². The molecular weight excluding hydrogens is 348 g/mol. The maximum absolute atomic E-state index is 11.7. The minimum absolute atomic E-state index is 0.0345. The van der Waals surface area contributed by atoms with Crippen LogP contribution in [0.3, 0.4) is 0 Å². The van der Waals surface area contributed by atoms with Crippen LogP contribution in [0.2, 0.25) is 5.02 Å². The second-order valence-electron chi connectivity index (χ2n) is 6.50. The maximum Gasteiger partial charge on any atom is 0.224 e. The molecule has 26 heavy (non-hydrogen) atoms. The van der Waals surface area contributed by atoms with Crippen molar-refractivity contribution >= 4 is 34.8 Å². The number of hydrogen-bond acceptors (Lipinski definition) is 5. The van der Waals surface area contributed by atoms with Crippen LogP contribution in [-0.2, 0) is 11.2 Å². The van der Waals surface area contributed by atoms with Gasteiger partial charge in [0.25, 0.3) is 0 Å². The fourth-order valence-electron chi connectivity index (χ4n) is 3.14. The molecule has 0 saturated heterocycles. The van der Waals surface area contributed by atoms with E-state index in [0.717, 1.165) is 24.1 Å². The molecule has 136 valence electrons. The van der Waals surface area contributed by atoms with Gasteiger partial charge in [-0.1, -0.05) is 55.6 Å². The first kappa shape index (κ1) is 18.4. The maximum atomic E-state index is 11.7. The van der Waals surface area contributed by atoms with Crippen molar-refractivity contribution in [3.8, 4) is 0 Å². The molecule has 0 aliphatic heterocycles. The van der Waals surface area contributed by atoms with Gasteiger partial charge in [0.05, 0.1) is 6.20 Å². The topological polar surface area (TPSA) is 66.9 Å². The lowest BCUT2D eigenvalue weighted by Gasteiger charge is -2.23. The van der Waals surface area contributed by atoms with Crippen molar-refractivity contribution in [3.05, 3.63) is 53.7 Å². The number of carbonyl (C=O) groups is 1. The van der Waals surface area contributed by atoms with Gasteiger partial charge in [-0.3, -0.25) is 4.79 Å². The SMILES string of the molecule is C=CC(=O)Cc1ccccc1Nc1nc(NC2CCCCC2)ncc1Cl. The van der Waals surface area contributed by atoms with Crippen molar-refractivity contribution in [2.45, 2.75) is 44.6 Å². The molecule has 1 heterocycles. The first-order valence-electron chi connectivity index (χ1n) is 8.95. The van der Waals surface area contributed by atoms with Crippen LogP contribution >= 0.6 is 11.6 Å². The summed E-state index contributed by atoms with van der Waals surface area (Å²) in [7, 11) is 0. The predicted octanol–water partition coefficient (Wildman–Crippen LogP) is 4.92. The molecule has 6 heteroatoms. The fraction of sp³-hybridized carbons (Fsp3) is 0.350. The first-order valence-corrected chi connectivity index (χ1v) is 9.33. The van der Waals surface area contributed by atoms with E-state index in [0.29, 0.717) is 22.8 Å². The van der Waals surface area contributed by atoms with Gasteiger partial charge in [0.15, 0.2) is 11.6 Å². The zero-order valence-corrected chi connectivity index (χ0v) is 15.4. The van der Waals surface area contributed by atoms with Gasteiger partial charge < -0.3 is 10.6 Å². The summed E-state index contributed by atoms with van der Waals surface area (Å²) in [6.07, 6.45) is 9.26. The van der Waals surface area contributed by atoms with Gasteiger partial charge >= 0.3 is 0 Å². The standard InChI is InChI=1S/C20H23ClN4O/c1-2-16(26)12-14-8-6-7-11-18(14)24-19-17(21)13-22-20(25-19)23-15-9-4-3-5-10-15/h2,6-8,11,13,15H,1,3-5,9-10,12H2,(H2,22,23,24,25). The summed E-state index contributed by atoms with van der Waals surface area (Å²) in [5, 5.41) is 7.07.